The van der Waals surface area contributed by atoms with Crippen molar-refractivity contribution in [1.82, 2.24) is 10.2 Å². The van der Waals surface area contributed by atoms with Gasteiger partial charge in [-0.3, -0.25) is 0 Å². The number of anilines is 1. The van der Waals surface area contributed by atoms with Gasteiger partial charge < -0.3 is 9.73 Å². The molecular weight excluding hydrogens is 384 g/mol. The van der Waals surface area contributed by atoms with E-state index in [4.69, 9.17) is 16.0 Å². The van der Waals surface area contributed by atoms with E-state index in [0.29, 0.717) is 17.1 Å². The number of nitrogens with zero attached hydrogens (tertiary/aromatic N) is 2. The first-order valence-corrected chi connectivity index (χ1v) is 8.84. The van der Waals surface area contributed by atoms with Crippen molar-refractivity contribution in [2.45, 2.75) is 6.04 Å². The zero-order valence-electron chi connectivity index (χ0n) is 14.4. The van der Waals surface area contributed by atoms with Gasteiger partial charge in [0.1, 0.15) is 17.7 Å². The fourth-order valence-electron chi connectivity index (χ4n) is 2.74. The predicted molar refractivity (Wildman–Crippen MR) is 103 cm³/mol. The van der Waals surface area contributed by atoms with Crippen LogP contribution in [0.3, 0.4) is 0 Å². The Morgan fingerprint density at radius 3 is 2.36 bits per heavy atom. The maximum absolute atomic E-state index is 13.5. The average Bonchev–Trinajstić information content (AvgIpc) is 3.20. The Morgan fingerprint density at radius 2 is 1.64 bits per heavy atom. The van der Waals surface area contributed by atoms with E-state index < -0.39 is 11.9 Å². The largest absolute Gasteiger partial charge is 0.418 e. The van der Waals surface area contributed by atoms with Crippen molar-refractivity contribution < 1.29 is 13.2 Å². The van der Waals surface area contributed by atoms with E-state index in [2.05, 4.69) is 15.5 Å². The van der Waals surface area contributed by atoms with Gasteiger partial charge >= 0.3 is 0 Å². The molecule has 28 heavy (non-hydrogen) atoms. The smallest absolute Gasteiger partial charge is 0.247 e. The van der Waals surface area contributed by atoms with Crippen LogP contribution >= 0.6 is 11.6 Å². The van der Waals surface area contributed by atoms with Gasteiger partial charge in [-0.2, -0.15) is 0 Å². The van der Waals surface area contributed by atoms with Gasteiger partial charge in [0.05, 0.1) is 5.02 Å². The molecule has 3 aromatic carbocycles. The van der Waals surface area contributed by atoms with Gasteiger partial charge in [-0.1, -0.05) is 41.9 Å². The van der Waals surface area contributed by atoms with Crippen molar-refractivity contribution in [3.05, 3.63) is 101 Å². The molecule has 1 aromatic heterocycles. The Kier molecular flexibility index (Phi) is 5.04. The minimum absolute atomic E-state index is 0.0154. The van der Waals surface area contributed by atoms with Crippen LogP contribution in [-0.2, 0) is 0 Å². The molecule has 140 valence electrons. The van der Waals surface area contributed by atoms with Gasteiger partial charge in [-0.25, -0.2) is 8.78 Å². The first kappa shape index (κ1) is 18.1. The number of benzene rings is 3. The second kappa shape index (κ2) is 7.78. The van der Waals surface area contributed by atoms with Crippen molar-refractivity contribution >= 4 is 17.3 Å². The van der Waals surface area contributed by atoms with E-state index in [1.807, 2.05) is 30.3 Å². The lowest BCUT2D eigenvalue weighted by atomic mass is 10.1. The van der Waals surface area contributed by atoms with Crippen LogP contribution in [0.25, 0.3) is 11.5 Å². The molecule has 0 saturated carbocycles. The minimum atomic E-state index is -0.577. The number of aromatic nitrogens is 2. The third-order valence-corrected chi connectivity index (χ3v) is 4.43. The molecule has 7 heteroatoms. The second-order valence-electron chi connectivity index (χ2n) is 6.07. The fourth-order valence-corrected chi connectivity index (χ4v) is 2.92. The molecule has 0 amide bonds. The zero-order valence-corrected chi connectivity index (χ0v) is 15.2. The summed E-state index contributed by atoms with van der Waals surface area (Å²) in [4.78, 5) is 0. The van der Waals surface area contributed by atoms with Crippen LogP contribution in [0.15, 0.2) is 77.2 Å². The van der Waals surface area contributed by atoms with E-state index >= 15 is 0 Å². The second-order valence-corrected chi connectivity index (χ2v) is 6.48. The lowest BCUT2D eigenvalue weighted by molar-refractivity contribution is 0.493. The molecule has 0 bridgehead atoms. The van der Waals surface area contributed by atoms with Crippen molar-refractivity contribution in [3.8, 4) is 11.5 Å². The molecule has 4 rings (SSSR count). The van der Waals surface area contributed by atoms with Gasteiger partial charge in [-0.15, -0.1) is 10.2 Å². The summed E-state index contributed by atoms with van der Waals surface area (Å²) in [5, 5.41) is 11.4. The first-order valence-electron chi connectivity index (χ1n) is 8.46. The van der Waals surface area contributed by atoms with Crippen LogP contribution in [0, 0.1) is 11.6 Å². The Hall–Kier alpha value is -3.25. The van der Waals surface area contributed by atoms with Gasteiger partial charge in [0.15, 0.2) is 0 Å². The fraction of sp³-hybridized carbons (Fsp3) is 0.0476. The van der Waals surface area contributed by atoms with Crippen LogP contribution in [0.5, 0.6) is 0 Å². The standard InChI is InChI=1S/C21H14ClF2N3O/c22-17-12-16(10-11-18(17)24)25-19(13-6-8-15(23)9-7-13)21-27-26-20(28-21)14-4-2-1-3-5-14/h1-12,19,25H/t19-/m1/s1. The molecule has 4 aromatic rings. The van der Waals surface area contributed by atoms with Gasteiger partial charge in [0.2, 0.25) is 11.8 Å². The molecule has 0 unspecified atom stereocenters. The molecule has 1 atom stereocenters. The summed E-state index contributed by atoms with van der Waals surface area (Å²) in [5.41, 5.74) is 2.04. The number of hydrogen-bond acceptors (Lipinski definition) is 4. The number of hydrogen-bond donors (Lipinski definition) is 1. The summed E-state index contributed by atoms with van der Waals surface area (Å²) in [6.07, 6.45) is 0. The summed E-state index contributed by atoms with van der Waals surface area (Å²) in [7, 11) is 0. The molecule has 1 heterocycles. The summed E-state index contributed by atoms with van der Waals surface area (Å²) >= 11 is 5.88. The number of nitrogens with one attached hydrogen (secondary N) is 1. The molecule has 1 N–H and O–H groups in total. The molecular formula is C21H14ClF2N3O. The monoisotopic (exact) mass is 397 g/mol. The van der Waals surface area contributed by atoms with E-state index in [1.54, 1.807) is 18.2 Å². The van der Waals surface area contributed by atoms with Gasteiger partial charge in [0, 0.05) is 11.3 Å². The quantitative estimate of drug-likeness (QED) is 0.457. The molecule has 0 saturated heterocycles. The average molecular weight is 398 g/mol. The van der Waals surface area contributed by atoms with Crippen LogP contribution in [0.2, 0.25) is 5.02 Å². The molecule has 0 fully saturated rings. The molecule has 0 spiro atoms. The third-order valence-electron chi connectivity index (χ3n) is 4.14. The summed E-state index contributed by atoms with van der Waals surface area (Å²) in [6.45, 7) is 0. The lowest BCUT2D eigenvalue weighted by Gasteiger charge is -2.17. The van der Waals surface area contributed by atoms with E-state index in [-0.39, 0.29) is 16.7 Å². The van der Waals surface area contributed by atoms with Crippen LogP contribution < -0.4 is 5.32 Å². The maximum atomic E-state index is 13.5. The SMILES string of the molecule is Fc1ccc([C@@H](Nc2ccc(F)c(Cl)c2)c2nnc(-c3ccccc3)o2)cc1. The van der Waals surface area contributed by atoms with E-state index in [0.717, 1.165) is 5.56 Å². The summed E-state index contributed by atoms with van der Waals surface area (Å²) < 4.78 is 32.7. The molecule has 0 aliphatic rings. The van der Waals surface area contributed by atoms with E-state index in [1.165, 1.54) is 24.3 Å². The Labute approximate surface area is 164 Å². The lowest BCUT2D eigenvalue weighted by Crippen LogP contribution is -2.13. The predicted octanol–water partition coefficient (Wildman–Crippen LogP) is 5.87. The number of rotatable bonds is 5. The third kappa shape index (κ3) is 3.87. The van der Waals surface area contributed by atoms with Crippen LogP contribution in [0.4, 0.5) is 14.5 Å². The zero-order chi connectivity index (χ0) is 19.5. The summed E-state index contributed by atoms with van der Waals surface area (Å²) in [6, 6.07) is 19.0. The number of halogens is 3. The van der Waals surface area contributed by atoms with Crippen molar-refractivity contribution in [2.75, 3.05) is 5.32 Å². The first-order chi connectivity index (χ1) is 13.6. The Balaban J connectivity index is 1.71. The molecule has 4 nitrogen and oxygen atoms in total. The highest BCUT2D eigenvalue weighted by Gasteiger charge is 2.22. The maximum Gasteiger partial charge on any atom is 0.247 e. The molecule has 0 aliphatic carbocycles. The highest BCUT2D eigenvalue weighted by Crippen LogP contribution is 2.30. The van der Waals surface area contributed by atoms with Gasteiger partial charge in [-0.05, 0) is 48.0 Å². The molecule has 0 aliphatic heterocycles. The normalized spacial score (nSPS) is 12.0. The van der Waals surface area contributed by atoms with Crippen LogP contribution in [0.1, 0.15) is 17.5 Å². The van der Waals surface area contributed by atoms with Crippen molar-refractivity contribution in [3.63, 3.8) is 0 Å². The topological polar surface area (TPSA) is 51.0 Å². The van der Waals surface area contributed by atoms with Crippen molar-refractivity contribution in [1.29, 1.82) is 0 Å². The highest BCUT2D eigenvalue weighted by atomic mass is 35.5. The molecule has 0 radical (unpaired) electrons. The minimum Gasteiger partial charge on any atom is -0.418 e. The van der Waals surface area contributed by atoms with Crippen molar-refractivity contribution in [2.24, 2.45) is 0 Å². The highest BCUT2D eigenvalue weighted by molar-refractivity contribution is 6.31. The Bertz CT molecular complexity index is 1080. The van der Waals surface area contributed by atoms with Gasteiger partial charge in [0.25, 0.3) is 0 Å². The van der Waals surface area contributed by atoms with E-state index in [9.17, 15) is 8.78 Å². The van der Waals surface area contributed by atoms with Crippen LogP contribution in [-0.4, -0.2) is 10.2 Å². The summed E-state index contributed by atoms with van der Waals surface area (Å²) in [5.74, 6) is -0.231. The Morgan fingerprint density at radius 1 is 0.893 bits per heavy atom.